The van der Waals surface area contributed by atoms with Crippen molar-refractivity contribution in [2.24, 2.45) is 5.84 Å². The Morgan fingerprint density at radius 3 is 2.70 bits per heavy atom. The molecule has 1 atom stereocenters. The van der Waals surface area contributed by atoms with Gasteiger partial charge >= 0.3 is 5.97 Å². The molecule has 0 bridgehead atoms. The minimum Gasteiger partial charge on any atom is -0.481 e. The molecule has 2 rings (SSSR count). The van der Waals surface area contributed by atoms with E-state index in [1.165, 1.54) is 6.07 Å². The minimum atomic E-state index is -0.942. The van der Waals surface area contributed by atoms with Gasteiger partial charge in [0.25, 0.3) is 11.8 Å². The van der Waals surface area contributed by atoms with Crippen LogP contribution in [0.25, 0.3) is 0 Å². The summed E-state index contributed by atoms with van der Waals surface area (Å²) in [5.74, 6) is 3.34. The van der Waals surface area contributed by atoms with Crippen molar-refractivity contribution in [1.29, 1.82) is 0 Å². The highest BCUT2D eigenvalue weighted by Gasteiger charge is 2.33. The Balaban J connectivity index is 2.01. The van der Waals surface area contributed by atoms with Crippen LogP contribution < -0.4 is 22.2 Å². The fourth-order valence-electron chi connectivity index (χ4n) is 2.71. The molecule has 27 heavy (non-hydrogen) atoms. The van der Waals surface area contributed by atoms with E-state index in [9.17, 15) is 19.2 Å². The number of nitrogen functional groups attached to an aromatic ring is 1. The number of unbranched alkanes of at least 4 members (excludes halogenated alkanes) is 1. The number of rotatable bonds is 8. The van der Waals surface area contributed by atoms with Crippen LogP contribution in [0.2, 0.25) is 0 Å². The average Bonchev–Trinajstić information content (AvgIpc) is 2.61. The Morgan fingerprint density at radius 2 is 2.04 bits per heavy atom. The van der Waals surface area contributed by atoms with Crippen molar-refractivity contribution in [3.05, 3.63) is 23.8 Å². The number of anilines is 2. The van der Waals surface area contributed by atoms with E-state index in [0.29, 0.717) is 25.1 Å². The van der Waals surface area contributed by atoms with E-state index in [2.05, 4.69) is 10.6 Å². The number of hydrazine groups is 1. The van der Waals surface area contributed by atoms with Gasteiger partial charge in [0, 0.05) is 30.8 Å². The van der Waals surface area contributed by atoms with Crippen molar-refractivity contribution in [1.82, 2.24) is 10.3 Å². The maximum Gasteiger partial charge on any atom is 0.303 e. The van der Waals surface area contributed by atoms with Gasteiger partial charge < -0.3 is 16.2 Å². The second-order valence-electron chi connectivity index (χ2n) is 6.26. The molecule has 146 valence electrons. The molecule has 1 aliphatic rings. The van der Waals surface area contributed by atoms with Gasteiger partial charge in [-0.3, -0.25) is 29.5 Å². The first kappa shape index (κ1) is 20.2. The highest BCUT2D eigenvalue weighted by molar-refractivity contribution is 6.05. The van der Waals surface area contributed by atoms with E-state index < -0.39 is 29.7 Å². The molecule has 0 saturated carbocycles. The molecule has 10 nitrogen and oxygen atoms in total. The number of nitrogens with one attached hydrogen (secondary N) is 2. The number of imide groups is 1. The van der Waals surface area contributed by atoms with E-state index in [4.69, 9.17) is 16.7 Å². The fraction of sp³-hybridized carbons (Fsp3) is 0.412. The quantitative estimate of drug-likeness (QED) is 0.106. The van der Waals surface area contributed by atoms with Crippen molar-refractivity contribution in [2.75, 3.05) is 17.6 Å². The van der Waals surface area contributed by atoms with Gasteiger partial charge in [0.05, 0.1) is 5.56 Å². The molecule has 0 aromatic heterocycles. The molecule has 1 unspecified atom stereocenters. The summed E-state index contributed by atoms with van der Waals surface area (Å²) in [7, 11) is 0. The SMILES string of the molecule is Nc1ccc(NCCCCC(=O)O)cc1C(=O)N(N)C1CCC(=O)NC1=O. The van der Waals surface area contributed by atoms with Crippen LogP contribution in [0, 0.1) is 0 Å². The molecule has 1 fully saturated rings. The minimum absolute atomic E-state index is 0.0985. The van der Waals surface area contributed by atoms with Crippen LogP contribution in [0.15, 0.2) is 18.2 Å². The van der Waals surface area contributed by atoms with Crippen LogP contribution in [0.1, 0.15) is 42.5 Å². The lowest BCUT2D eigenvalue weighted by molar-refractivity contribution is -0.138. The first-order valence-electron chi connectivity index (χ1n) is 8.56. The number of hydrogen-bond acceptors (Lipinski definition) is 7. The van der Waals surface area contributed by atoms with Crippen LogP contribution in [0.3, 0.4) is 0 Å². The number of amides is 3. The smallest absolute Gasteiger partial charge is 0.303 e. The zero-order chi connectivity index (χ0) is 20.0. The first-order valence-corrected chi connectivity index (χ1v) is 8.56. The fourth-order valence-corrected chi connectivity index (χ4v) is 2.71. The number of carbonyl (C=O) groups excluding carboxylic acids is 3. The predicted molar refractivity (Wildman–Crippen MR) is 97.4 cm³/mol. The van der Waals surface area contributed by atoms with Gasteiger partial charge in [0.2, 0.25) is 5.91 Å². The summed E-state index contributed by atoms with van der Waals surface area (Å²) in [5, 5.41) is 14.7. The Labute approximate surface area is 155 Å². The van der Waals surface area contributed by atoms with Gasteiger partial charge in [-0.2, -0.15) is 0 Å². The summed E-state index contributed by atoms with van der Waals surface area (Å²) in [6.07, 6.45) is 1.54. The molecular formula is C17H23N5O5. The van der Waals surface area contributed by atoms with E-state index in [0.717, 1.165) is 5.01 Å². The molecule has 1 aromatic rings. The number of nitrogens with zero attached hydrogens (tertiary/aromatic N) is 1. The lowest BCUT2D eigenvalue weighted by Gasteiger charge is -2.29. The second kappa shape index (κ2) is 8.99. The molecule has 7 N–H and O–H groups in total. The number of carboxylic acid groups (broad SMARTS) is 1. The van der Waals surface area contributed by atoms with Gasteiger partial charge in [-0.15, -0.1) is 0 Å². The van der Waals surface area contributed by atoms with Gasteiger partial charge in [-0.05, 0) is 37.5 Å². The zero-order valence-corrected chi connectivity index (χ0v) is 14.7. The van der Waals surface area contributed by atoms with E-state index >= 15 is 0 Å². The average molecular weight is 377 g/mol. The number of carboxylic acids is 1. The monoisotopic (exact) mass is 377 g/mol. The number of hydrogen-bond donors (Lipinski definition) is 5. The van der Waals surface area contributed by atoms with E-state index in [-0.39, 0.29) is 30.5 Å². The van der Waals surface area contributed by atoms with Crippen LogP contribution in [0.5, 0.6) is 0 Å². The Hall–Kier alpha value is -3.14. The first-order chi connectivity index (χ1) is 12.8. The maximum atomic E-state index is 12.7. The zero-order valence-electron chi connectivity index (χ0n) is 14.7. The van der Waals surface area contributed by atoms with Crippen molar-refractivity contribution < 1.29 is 24.3 Å². The molecule has 1 saturated heterocycles. The predicted octanol–water partition coefficient (Wildman–Crippen LogP) is 0.0567. The van der Waals surface area contributed by atoms with Crippen LogP contribution in [-0.2, 0) is 14.4 Å². The Bertz CT molecular complexity index is 751. The number of aliphatic carboxylic acids is 1. The molecule has 0 spiro atoms. The third-order valence-electron chi connectivity index (χ3n) is 4.21. The molecule has 0 aliphatic carbocycles. The normalized spacial score (nSPS) is 16.6. The summed E-state index contributed by atoms with van der Waals surface area (Å²) >= 11 is 0. The summed E-state index contributed by atoms with van der Waals surface area (Å²) < 4.78 is 0. The van der Waals surface area contributed by atoms with Crippen LogP contribution >= 0.6 is 0 Å². The molecule has 1 aliphatic heterocycles. The molecule has 3 amide bonds. The van der Waals surface area contributed by atoms with Crippen LogP contribution in [0.4, 0.5) is 11.4 Å². The van der Waals surface area contributed by atoms with Gasteiger partial charge in [0.15, 0.2) is 0 Å². The highest BCUT2D eigenvalue weighted by atomic mass is 16.4. The third-order valence-corrected chi connectivity index (χ3v) is 4.21. The number of carbonyl (C=O) groups is 4. The Morgan fingerprint density at radius 1 is 1.30 bits per heavy atom. The summed E-state index contributed by atoms with van der Waals surface area (Å²) in [6.45, 7) is 0.532. The third kappa shape index (κ3) is 5.42. The van der Waals surface area contributed by atoms with Gasteiger partial charge in [-0.25, -0.2) is 5.84 Å². The summed E-state index contributed by atoms with van der Waals surface area (Å²) in [6, 6.07) is 3.82. The standard InChI is InChI=1S/C17H23N5O5/c18-12-5-4-10(20-8-2-1-3-15(24)25)9-11(12)17(27)22(19)13-6-7-14(23)21-16(13)26/h4-5,9,13,20H,1-3,6-8,18-19H2,(H,24,25)(H,21,23,26). The molecule has 10 heteroatoms. The number of benzene rings is 1. The van der Waals surface area contributed by atoms with Crippen LogP contribution in [-0.4, -0.2) is 46.4 Å². The lowest BCUT2D eigenvalue weighted by Crippen LogP contribution is -2.57. The largest absolute Gasteiger partial charge is 0.481 e. The summed E-state index contributed by atoms with van der Waals surface area (Å²) in [5.41, 5.74) is 6.84. The van der Waals surface area contributed by atoms with Crippen molar-refractivity contribution in [3.8, 4) is 0 Å². The Kier molecular flexibility index (Phi) is 6.72. The second-order valence-corrected chi connectivity index (χ2v) is 6.26. The van der Waals surface area contributed by atoms with Gasteiger partial charge in [-0.1, -0.05) is 0 Å². The van der Waals surface area contributed by atoms with E-state index in [1.54, 1.807) is 12.1 Å². The number of nitrogens with two attached hydrogens (primary N) is 2. The van der Waals surface area contributed by atoms with E-state index in [1.807, 2.05) is 0 Å². The molecule has 1 heterocycles. The molecular weight excluding hydrogens is 354 g/mol. The van der Waals surface area contributed by atoms with Crippen molar-refractivity contribution in [3.63, 3.8) is 0 Å². The maximum absolute atomic E-state index is 12.7. The summed E-state index contributed by atoms with van der Waals surface area (Å²) in [4.78, 5) is 46.3. The molecule has 0 radical (unpaired) electrons. The number of piperidine rings is 1. The topological polar surface area (TPSA) is 168 Å². The lowest BCUT2D eigenvalue weighted by atomic mass is 10.0. The molecule has 1 aromatic carbocycles. The highest BCUT2D eigenvalue weighted by Crippen LogP contribution is 2.21. The van der Waals surface area contributed by atoms with Crippen molar-refractivity contribution >= 4 is 35.1 Å². The van der Waals surface area contributed by atoms with Gasteiger partial charge in [0.1, 0.15) is 6.04 Å². The van der Waals surface area contributed by atoms with Crippen molar-refractivity contribution in [2.45, 2.75) is 38.1 Å².